The molecule has 7 nitrogen and oxygen atoms in total. The molecule has 0 spiro atoms. The average molecular weight is 375 g/mol. The van der Waals surface area contributed by atoms with E-state index in [4.69, 9.17) is 4.74 Å². The fraction of sp³-hybridized carbons (Fsp3) is 0.0476. The fourth-order valence-electron chi connectivity index (χ4n) is 2.46. The normalized spacial score (nSPS) is 10.0. The Morgan fingerprint density at radius 2 is 1.39 bits per heavy atom. The van der Waals surface area contributed by atoms with Crippen LogP contribution in [0.5, 0.6) is 5.75 Å². The van der Waals surface area contributed by atoms with Crippen molar-refractivity contribution in [1.29, 1.82) is 0 Å². The molecule has 0 unspecified atom stereocenters. The lowest BCUT2D eigenvalue weighted by Gasteiger charge is -2.12. The Balaban J connectivity index is 1.77. The number of carbonyl (C=O) groups is 3. The standard InChI is InChI=1S/C21H17N3O4/c1-14(25)28-17-6-4-5-16(13-17)21(27)24-19-8-3-2-7-18(19)23-20(26)15-9-11-22-12-10-15/h2-13H,1H3,(H,23,26)(H,24,27). The number of rotatable bonds is 5. The third-order valence-corrected chi connectivity index (χ3v) is 3.72. The monoisotopic (exact) mass is 375 g/mol. The first-order chi connectivity index (χ1) is 13.5. The van der Waals surface area contributed by atoms with Gasteiger partial charge in [0.2, 0.25) is 0 Å². The van der Waals surface area contributed by atoms with Crippen LogP contribution in [0.15, 0.2) is 73.1 Å². The summed E-state index contributed by atoms with van der Waals surface area (Å²) in [6.45, 7) is 1.29. The number of hydrogen-bond donors (Lipinski definition) is 2. The summed E-state index contributed by atoms with van der Waals surface area (Å²) in [4.78, 5) is 39.9. The second-order valence-corrected chi connectivity index (χ2v) is 5.81. The number of anilines is 2. The lowest BCUT2D eigenvalue weighted by atomic mass is 10.2. The molecular weight excluding hydrogens is 358 g/mol. The van der Waals surface area contributed by atoms with Crippen LogP contribution in [0.2, 0.25) is 0 Å². The van der Waals surface area contributed by atoms with Crippen LogP contribution in [0.1, 0.15) is 27.6 Å². The van der Waals surface area contributed by atoms with Gasteiger partial charge >= 0.3 is 5.97 Å². The predicted molar refractivity (Wildman–Crippen MR) is 104 cm³/mol. The van der Waals surface area contributed by atoms with E-state index in [1.54, 1.807) is 54.6 Å². The van der Waals surface area contributed by atoms with Crippen LogP contribution in [0, 0.1) is 0 Å². The molecule has 1 heterocycles. The van der Waals surface area contributed by atoms with Crippen molar-refractivity contribution in [2.75, 3.05) is 10.6 Å². The van der Waals surface area contributed by atoms with E-state index in [2.05, 4.69) is 15.6 Å². The molecule has 0 aliphatic rings. The summed E-state index contributed by atoms with van der Waals surface area (Å²) in [6.07, 6.45) is 3.05. The molecule has 0 bridgehead atoms. The minimum Gasteiger partial charge on any atom is -0.427 e. The second-order valence-electron chi connectivity index (χ2n) is 5.81. The van der Waals surface area contributed by atoms with Gasteiger partial charge in [-0.05, 0) is 42.5 Å². The van der Waals surface area contributed by atoms with Crippen LogP contribution >= 0.6 is 0 Å². The van der Waals surface area contributed by atoms with Gasteiger partial charge in [0.1, 0.15) is 5.75 Å². The molecule has 7 heteroatoms. The van der Waals surface area contributed by atoms with Crippen molar-refractivity contribution in [2.45, 2.75) is 6.92 Å². The smallest absolute Gasteiger partial charge is 0.308 e. The number of esters is 1. The number of amides is 2. The Labute approximate surface area is 161 Å². The van der Waals surface area contributed by atoms with Crippen molar-refractivity contribution in [2.24, 2.45) is 0 Å². The van der Waals surface area contributed by atoms with Crippen LogP contribution in [-0.2, 0) is 4.79 Å². The molecule has 0 aliphatic heterocycles. The Hall–Kier alpha value is -4.00. The van der Waals surface area contributed by atoms with E-state index in [1.165, 1.54) is 25.4 Å². The fourth-order valence-corrected chi connectivity index (χ4v) is 2.46. The zero-order valence-corrected chi connectivity index (χ0v) is 15.0. The largest absolute Gasteiger partial charge is 0.427 e. The topological polar surface area (TPSA) is 97.4 Å². The minimum atomic E-state index is -0.471. The van der Waals surface area contributed by atoms with Gasteiger partial charge in [-0.15, -0.1) is 0 Å². The Bertz CT molecular complexity index is 1020. The third-order valence-electron chi connectivity index (χ3n) is 3.72. The van der Waals surface area contributed by atoms with Crippen LogP contribution < -0.4 is 15.4 Å². The molecule has 2 N–H and O–H groups in total. The highest BCUT2D eigenvalue weighted by Gasteiger charge is 2.13. The number of pyridine rings is 1. The van der Waals surface area contributed by atoms with E-state index < -0.39 is 11.9 Å². The summed E-state index contributed by atoms with van der Waals surface area (Å²) in [7, 11) is 0. The third kappa shape index (κ3) is 4.79. The van der Waals surface area contributed by atoms with Gasteiger partial charge in [-0.1, -0.05) is 18.2 Å². The van der Waals surface area contributed by atoms with Crippen molar-refractivity contribution in [3.8, 4) is 5.75 Å². The van der Waals surface area contributed by atoms with Gasteiger partial charge in [-0.3, -0.25) is 19.4 Å². The van der Waals surface area contributed by atoms with Crippen molar-refractivity contribution < 1.29 is 19.1 Å². The number of hydrogen-bond acceptors (Lipinski definition) is 5. The van der Waals surface area contributed by atoms with E-state index in [9.17, 15) is 14.4 Å². The molecule has 0 saturated carbocycles. The van der Waals surface area contributed by atoms with E-state index >= 15 is 0 Å². The SMILES string of the molecule is CC(=O)Oc1cccc(C(=O)Nc2ccccc2NC(=O)c2ccncc2)c1. The van der Waals surface area contributed by atoms with Gasteiger partial charge < -0.3 is 15.4 Å². The molecule has 0 atom stereocenters. The average Bonchev–Trinajstić information content (AvgIpc) is 2.70. The van der Waals surface area contributed by atoms with Crippen molar-refractivity contribution in [1.82, 2.24) is 4.98 Å². The van der Waals surface area contributed by atoms with Gasteiger partial charge in [-0.25, -0.2) is 0 Å². The molecule has 3 rings (SSSR count). The molecule has 1 aromatic heterocycles. The number of carbonyl (C=O) groups excluding carboxylic acids is 3. The van der Waals surface area contributed by atoms with Crippen LogP contribution in [-0.4, -0.2) is 22.8 Å². The lowest BCUT2D eigenvalue weighted by Crippen LogP contribution is -2.17. The first-order valence-corrected chi connectivity index (χ1v) is 8.43. The molecular formula is C21H17N3O4. The molecule has 3 aromatic rings. The van der Waals surface area contributed by atoms with Crippen molar-refractivity contribution >= 4 is 29.2 Å². The van der Waals surface area contributed by atoms with Crippen LogP contribution in [0.3, 0.4) is 0 Å². The van der Waals surface area contributed by atoms with Crippen LogP contribution in [0.4, 0.5) is 11.4 Å². The van der Waals surface area contributed by atoms with E-state index in [0.717, 1.165) is 0 Å². The second kappa shape index (κ2) is 8.59. The molecule has 140 valence electrons. The number of nitrogens with one attached hydrogen (secondary N) is 2. The molecule has 0 saturated heterocycles. The predicted octanol–water partition coefficient (Wildman–Crippen LogP) is 3.51. The summed E-state index contributed by atoms with van der Waals surface area (Å²) in [5.74, 6) is -0.915. The first kappa shape index (κ1) is 18.8. The Morgan fingerprint density at radius 1 is 0.786 bits per heavy atom. The van der Waals surface area contributed by atoms with E-state index in [0.29, 0.717) is 22.5 Å². The Morgan fingerprint density at radius 3 is 2.00 bits per heavy atom. The number of aromatic nitrogens is 1. The lowest BCUT2D eigenvalue weighted by molar-refractivity contribution is -0.131. The quantitative estimate of drug-likeness (QED) is 0.525. The van der Waals surface area contributed by atoms with Gasteiger partial charge in [0.05, 0.1) is 11.4 Å². The summed E-state index contributed by atoms with van der Waals surface area (Å²) in [6, 6.07) is 16.3. The number of ether oxygens (including phenoxy) is 1. The Kier molecular flexibility index (Phi) is 5.76. The maximum atomic E-state index is 12.6. The summed E-state index contributed by atoms with van der Waals surface area (Å²) >= 11 is 0. The summed E-state index contributed by atoms with van der Waals surface area (Å²) in [5.41, 5.74) is 1.65. The van der Waals surface area contributed by atoms with Gasteiger partial charge in [-0.2, -0.15) is 0 Å². The van der Waals surface area contributed by atoms with Gasteiger partial charge in [0.15, 0.2) is 0 Å². The first-order valence-electron chi connectivity index (χ1n) is 8.43. The van der Waals surface area contributed by atoms with E-state index in [-0.39, 0.29) is 11.7 Å². The minimum absolute atomic E-state index is 0.277. The number of nitrogens with zero attached hydrogens (tertiary/aromatic N) is 1. The zero-order chi connectivity index (χ0) is 19.9. The zero-order valence-electron chi connectivity index (χ0n) is 15.0. The molecule has 0 fully saturated rings. The molecule has 28 heavy (non-hydrogen) atoms. The van der Waals surface area contributed by atoms with E-state index in [1.807, 2.05) is 0 Å². The van der Waals surface area contributed by atoms with Gasteiger partial charge in [0, 0.05) is 30.4 Å². The molecule has 0 aliphatic carbocycles. The summed E-state index contributed by atoms with van der Waals surface area (Å²) in [5, 5.41) is 5.53. The summed E-state index contributed by atoms with van der Waals surface area (Å²) < 4.78 is 5.00. The molecule has 2 aromatic carbocycles. The van der Waals surface area contributed by atoms with Crippen molar-refractivity contribution in [3.05, 3.63) is 84.2 Å². The maximum Gasteiger partial charge on any atom is 0.308 e. The highest BCUT2D eigenvalue weighted by atomic mass is 16.5. The van der Waals surface area contributed by atoms with Gasteiger partial charge in [0.25, 0.3) is 11.8 Å². The molecule has 2 amide bonds. The van der Waals surface area contributed by atoms with Crippen LogP contribution in [0.25, 0.3) is 0 Å². The molecule has 0 radical (unpaired) electrons. The number of para-hydroxylation sites is 2. The van der Waals surface area contributed by atoms with Crippen molar-refractivity contribution in [3.63, 3.8) is 0 Å². The highest BCUT2D eigenvalue weighted by Crippen LogP contribution is 2.23. The highest BCUT2D eigenvalue weighted by molar-refractivity contribution is 6.10. The number of benzene rings is 2. The maximum absolute atomic E-state index is 12.6.